The number of alkyl halides is 2. The molecule has 14 heteroatoms. The second-order valence-electron chi connectivity index (χ2n) is 6.95. The highest BCUT2D eigenvalue weighted by Gasteiger charge is 2.49. The fraction of sp³-hybridized carbons (Fsp3) is 0.278. The zero-order chi connectivity index (χ0) is 22.9. The van der Waals surface area contributed by atoms with Crippen molar-refractivity contribution in [2.24, 2.45) is 5.92 Å². The Hall–Kier alpha value is -4.41. The van der Waals surface area contributed by atoms with Crippen molar-refractivity contribution in [3.8, 4) is 23.2 Å². The summed E-state index contributed by atoms with van der Waals surface area (Å²) in [6, 6.07) is 2.99. The first-order chi connectivity index (χ1) is 15.3. The van der Waals surface area contributed by atoms with Crippen LogP contribution in [0.4, 0.5) is 14.5 Å². The number of rotatable bonds is 5. The third-order valence-electron chi connectivity index (χ3n) is 4.83. The van der Waals surface area contributed by atoms with E-state index in [2.05, 4.69) is 25.1 Å². The minimum Gasteiger partial charge on any atom is -0.476 e. The first kappa shape index (κ1) is 20.8. The van der Waals surface area contributed by atoms with Crippen molar-refractivity contribution in [1.29, 1.82) is 5.26 Å². The van der Waals surface area contributed by atoms with E-state index in [-0.39, 0.29) is 35.1 Å². The molecular weight excluding hydrogens is 430 g/mol. The summed E-state index contributed by atoms with van der Waals surface area (Å²) < 4.78 is 34.5. The van der Waals surface area contributed by atoms with Crippen LogP contribution >= 0.6 is 0 Å². The van der Waals surface area contributed by atoms with Gasteiger partial charge in [0.2, 0.25) is 5.88 Å². The third kappa shape index (κ3) is 4.08. The van der Waals surface area contributed by atoms with Gasteiger partial charge in [0, 0.05) is 12.7 Å². The van der Waals surface area contributed by atoms with Crippen LogP contribution in [0.15, 0.2) is 39.0 Å². The molecule has 32 heavy (non-hydrogen) atoms. The number of H-pyrrole nitrogens is 3. The average Bonchev–Trinajstić information content (AvgIpc) is 3.07. The minimum atomic E-state index is -3.19. The van der Waals surface area contributed by atoms with Crippen LogP contribution in [-0.4, -0.2) is 55.8 Å². The zero-order valence-electron chi connectivity index (χ0n) is 16.1. The van der Waals surface area contributed by atoms with Gasteiger partial charge < -0.3 is 14.6 Å². The summed E-state index contributed by atoms with van der Waals surface area (Å²) in [5.41, 5.74) is -2.30. The number of aromatic amines is 3. The minimum absolute atomic E-state index is 0.00651. The predicted octanol–water partition coefficient (Wildman–Crippen LogP) is -0.374. The molecule has 0 aromatic carbocycles. The van der Waals surface area contributed by atoms with Crippen LogP contribution in [0.3, 0.4) is 0 Å². The van der Waals surface area contributed by atoms with Gasteiger partial charge in [0.15, 0.2) is 5.69 Å². The quantitative estimate of drug-likeness (QED) is 0.474. The summed E-state index contributed by atoms with van der Waals surface area (Å²) in [6.07, 6.45) is 3.43. The third-order valence-corrected chi connectivity index (χ3v) is 4.83. The van der Waals surface area contributed by atoms with Crippen LogP contribution in [0.1, 0.15) is 5.69 Å². The van der Waals surface area contributed by atoms with Gasteiger partial charge in [-0.1, -0.05) is 0 Å². The lowest BCUT2D eigenvalue weighted by Gasteiger charge is -2.17. The van der Waals surface area contributed by atoms with E-state index in [4.69, 9.17) is 10.00 Å². The Bertz CT molecular complexity index is 1360. The maximum absolute atomic E-state index is 14.6. The van der Waals surface area contributed by atoms with Crippen molar-refractivity contribution >= 4 is 5.69 Å². The first-order valence-electron chi connectivity index (χ1n) is 9.16. The Balaban J connectivity index is 1.55. The molecule has 164 valence electrons. The molecule has 1 aliphatic rings. The molecule has 1 fully saturated rings. The molecule has 0 saturated carbocycles. The molecule has 0 bridgehead atoms. The number of nitrogens with zero attached hydrogens (tertiary/aromatic N) is 5. The van der Waals surface area contributed by atoms with E-state index >= 15 is 0 Å². The molecule has 0 spiro atoms. The second kappa shape index (κ2) is 8.02. The molecule has 0 radical (unpaired) electrons. The van der Waals surface area contributed by atoms with Gasteiger partial charge >= 0.3 is 5.69 Å². The van der Waals surface area contributed by atoms with Crippen molar-refractivity contribution in [1.82, 2.24) is 30.1 Å². The molecule has 1 aliphatic heterocycles. The van der Waals surface area contributed by atoms with Gasteiger partial charge in [0.1, 0.15) is 18.4 Å². The van der Waals surface area contributed by atoms with Crippen LogP contribution < -0.4 is 26.4 Å². The van der Waals surface area contributed by atoms with Crippen LogP contribution in [0.25, 0.3) is 11.3 Å². The zero-order valence-corrected chi connectivity index (χ0v) is 16.1. The average molecular weight is 444 g/mol. The molecule has 12 nitrogen and oxygen atoms in total. The molecule has 3 aromatic rings. The number of anilines is 1. The SMILES string of the molecule is N#Cc1cnc(OCC2CN(c3cc(-c4c[nH]c(=O)[nH]c4=O)n[nH]c3=O)CC2(F)F)cn1. The maximum Gasteiger partial charge on any atom is 0.325 e. The van der Waals surface area contributed by atoms with Crippen molar-refractivity contribution in [3.05, 3.63) is 61.5 Å². The Morgan fingerprint density at radius 2 is 2.06 bits per heavy atom. The highest BCUT2D eigenvalue weighted by Crippen LogP contribution is 2.35. The molecule has 0 amide bonds. The van der Waals surface area contributed by atoms with E-state index in [0.29, 0.717) is 0 Å². The largest absolute Gasteiger partial charge is 0.476 e. The normalized spacial score (nSPS) is 17.2. The van der Waals surface area contributed by atoms with Crippen molar-refractivity contribution < 1.29 is 13.5 Å². The number of ether oxygens (including phenoxy) is 1. The highest BCUT2D eigenvalue weighted by atomic mass is 19.3. The lowest BCUT2D eigenvalue weighted by atomic mass is 10.1. The summed E-state index contributed by atoms with van der Waals surface area (Å²) in [5, 5.41) is 14.7. The van der Waals surface area contributed by atoms with Gasteiger partial charge in [-0.15, -0.1) is 0 Å². The van der Waals surface area contributed by atoms with E-state index < -0.39 is 41.8 Å². The van der Waals surface area contributed by atoms with E-state index in [1.807, 2.05) is 4.98 Å². The molecule has 1 unspecified atom stereocenters. The van der Waals surface area contributed by atoms with Crippen molar-refractivity contribution in [3.63, 3.8) is 0 Å². The van der Waals surface area contributed by atoms with Gasteiger partial charge in [-0.25, -0.2) is 28.6 Å². The van der Waals surface area contributed by atoms with Gasteiger partial charge in [-0.2, -0.15) is 10.4 Å². The molecule has 4 heterocycles. The summed E-state index contributed by atoms with van der Waals surface area (Å²) >= 11 is 0. The summed E-state index contributed by atoms with van der Waals surface area (Å²) in [4.78, 5) is 48.5. The van der Waals surface area contributed by atoms with Gasteiger partial charge in [-0.3, -0.25) is 14.6 Å². The monoisotopic (exact) mass is 444 g/mol. The predicted molar refractivity (Wildman–Crippen MR) is 104 cm³/mol. The fourth-order valence-electron chi connectivity index (χ4n) is 3.21. The maximum atomic E-state index is 14.6. The lowest BCUT2D eigenvalue weighted by molar-refractivity contribution is -0.0359. The Kier molecular flexibility index (Phi) is 5.23. The van der Waals surface area contributed by atoms with Crippen LogP contribution in [-0.2, 0) is 0 Å². The highest BCUT2D eigenvalue weighted by molar-refractivity contribution is 5.62. The Morgan fingerprint density at radius 1 is 1.25 bits per heavy atom. The number of aromatic nitrogens is 6. The molecule has 3 aromatic heterocycles. The van der Waals surface area contributed by atoms with Gasteiger partial charge in [0.05, 0.1) is 36.1 Å². The van der Waals surface area contributed by atoms with E-state index in [1.165, 1.54) is 11.0 Å². The van der Waals surface area contributed by atoms with Crippen LogP contribution in [0.5, 0.6) is 5.88 Å². The van der Waals surface area contributed by atoms with Gasteiger partial charge in [0.25, 0.3) is 17.0 Å². The first-order valence-corrected chi connectivity index (χ1v) is 9.16. The summed E-state index contributed by atoms with van der Waals surface area (Å²) in [6.45, 7) is -1.38. The Labute approximate surface area is 176 Å². The van der Waals surface area contributed by atoms with Gasteiger partial charge in [-0.05, 0) is 6.07 Å². The van der Waals surface area contributed by atoms with Crippen molar-refractivity contribution in [2.45, 2.75) is 5.92 Å². The smallest absolute Gasteiger partial charge is 0.325 e. The number of hydrogen-bond donors (Lipinski definition) is 3. The van der Waals surface area contributed by atoms with E-state index in [1.54, 1.807) is 6.07 Å². The molecule has 1 saturated heterocycles. The molecule has 0 aliphatic carbocycles. The summed E-state index contributed by atoms with van der Waals surface area (Å²) in [7, 11) is 0. The lowest BCUT2D eigenvalue weighted by Crippen LogP contribution is -2.32. The van der Waals surface area contributed by atoms with Crippen LogP contribution in [0.2, 0.25) is 0 Å². The Morgan fingerprint density at radius 3 is 2.75 bits per heavy atom. The fourth-order valence-corrected chi connectivity index (χ4v) is 3.21. The second-order valence-corrected chi connectivity index (χ2v) is 6.95. The molecule has 3 N–H and O–H groups in total. The van der Waals surface area contributed by atoms with Crippen LogP contribution in [0, 0.1) is 17.2 Å². The standard InChI is InChI=1S/C18H14F2N8O4/c19-18(20)8-28(6-9(18)7-32-14-5-22-10(2-21)3-23-14)13-1-12(26-27-16(13)30)11-4-24-17(31)25-15(11)29/h1,3-5,9H,6-8H2,(H,27,30)(H2,24,25,29,31). The van der Waals surface area contributed by atoms with E-state index in [9.17, 15) is 23.2 Å². The number of nitrogens with one attached hydrogen (secondary N) is 3. The number of hydrogen-bond acceptors (Lipinski definition) is 9. The molecule has 1 atom stereocenters. The summed E-state index contributed by atoms with van der Waals surface area (Å²) in [5.74, 6) is -4.47. The molecule has 4 rings (SSSR count). The number of halogens is 2. The topological polar surface area (TPSA) is 174 Å². The molecular formula is C18H14F2N8O4. The number of nitriles is 1. The van der Waals surface area contributed by atoms with E-state index in [0.717, 1.165) is 18.6 Å². The van der Waals surface area contributed by atoms with Crippen molar-refractivity contribution in [2.75, 3.05) is 24.6 Å².